The summed E-state index contributed by atoms with van der Waals surface area (Å²) in [6.45, 7) is 3.55. The van der Waals surface area contributed by atoms with Gasteiger partial charge in [-0.2, -0.15) is 0 Å². The number of carbonyl (C=O) groups is 1. The fourth-order valence-electron chi connectivity index (χ4n) is 2.07. The van der Waals surface area contributed by atoms with Gasteiger partial charge in [-0.05, 0) is 30.5 Å². The van der Waals surface area contributed by atoms with Crippen LogP contribution < -0.4 is 0 Å². The minimum absolute atomic E-state index is 0.0505. The highest BCUT2D eigenvalue weighted by Crippen LogP contribution is 2.25. The summed E-state index contributed by atoms with van der Waals surface area (Å²) in [5.74, 6) is 0.527. The quantitative estimate of drug-likeness (QED) is 0.649. The molecule has 1 heterocycles. The first-order valence-corrected chi connectivity index (χ1v) is 7.89. The first-order chi connectivity index (χ1) is 8.47. The number of rotatable bonds is 1. The molecule has 1 aliphatic heterocycles. The van der Waals surface area contributed by atoms with Crippen molar-refractivity contribution in [3.05, 3.63) is 32.7 Å². The molecule has 1 saturated heterocycles. The van der Waals surface area contributed by atoms with Gasteiger partial charge in [-0.15, -0.1) is 11.6 Å². The lowest BCUT2D eigenvalue weighted by molar-refractivity contribution is 0.0701. The van der Waals surface area contributed by atoms with Gasteiger partial charge in [-0.25, -0.2) is 0 Å². The predicted octanol–water partition coefficient (Wildman–Crippen LogP) is 4.30. The molecular weight excluding hydrogens is 381 g/mol. The molecule has 1 aliphatic rings. The van der Waals surface area contributed by atoms with Crippen molar-refractivity contribution in [2.45, 2.75) is 18.7 Å². The third-order valence-corrected chi connectivity index (χ3v) is 4.75. The largest absolute Gasteiger partial charge is 0.337 e. The lowest BCUT2D eigenvalue weighted by Gasteiger charge is -2.34. The van der Waals surface area contributed by atoms with Crippen LogP contribution in [0.25, 0.3) is 0 Å². The van der Waals surface area contributed by atoms with Crippen LogP contribution in [0.1, 0.15) is 23.7 Å². The summed E-state index contributed by atoms with van der Waals surface area (Å²) < 4.78 is 1.79. The Hall–Kier alpha value is -0.0600. The topological polar surface area (TPSA) is 20.3 Å². The number of piperidine rings is 1. The molecule has 0 aromatic heterocycles. The number of hydrogen-bond acceptors (Lipinski definition) is 1. The van der Waals surface area contributed by atoms with E-state index >= 15 is 0 Å². The molecule has 1 amide bonds. The van der Waals surface area contributed by atoms with Crippen LogP contribution in [-0.2, 0) is 0 Å². The maximum absolute atomic E-state index is 12.4. The highest BCUT2D eigenvalue weighted by Gasteiger charge is 2.28. The Kier molecular flexibility index (Phi) is 4.73. The Morgan fingerprint density at radius 1 is 1.33 bits per heavy atom. The zero-order valence-corrected chi connectivity index (χ0v) is 13.9. The molecule has 1 aromatic carbocycles. The Labute approximate surface area is 129 Å². The molecule has 0 radical (unpaired) electrons. The third-order valence-electron chi connectivity index (χ3n) is 3.26. The Morgan fingerprint density at radius 3 is 2.50 bits per heavy atom. The van der Waals surface area contributed by atoms with Crippen LogP contribution in [0.2, 0.25) is 0 Å². The Bertz CT molecular complexity index is 446. The fourth-order valence-corrected chi connectivity index (χ4v) is 3.65. The molecule has 0 aliphatic carbocycles. The second-order valence-electron chi connectivity index (χ2n) is 4.69. The van der Waals surface area contributed by atoms with Gasteiger partial charge in [0.1, 0.15) is 0 Å². The van der Waals surface area contributed by atoms with E-state index in [0.29, 0.717) is 18.0 Å². The number of alkyl halides is 1. The van der Waals surface area contributed by atoms with Crippen LogP contribution in [0.15, 0.2) is 27.1 Å². The molecule has 0 spiro atoms. The number of carbonyl (C=O) groups excluding carboxylic acids is 1. The molecule has 2 unspecified atom stereocenters. The number of amides is 1. The molecule has 0 N–H and O–H groups in total. The van der Waals surface area contributed by atoms with Gasteiger partial charge in [0.2, 0.25) is 0 Å². The average Bonchev–Trinajstić information content (AvgIpc) is 2.30. The first-order valence-electron chi connectivity index (χ1n) is 5.87. The van der Waals surface area contributed by atoms with Crippen molar-refractivity contribution in [2.75, 3.05) is 13.1 Å². The van der Waals surface area contributed by atoms with E-state index in [2.05, 4.69) is 38.8 Å². The van der Waals surface area contributed by atoms with E-state index in [1.54, 1.807) is 0 Å². The monoisotopic (exact) mass is 393 g/mol. The lowest BCUT2D eigenvalue weighted by atomic mass is 9.98. The van der Waals surface area contributed by atoms with E-state index in [1.807, 2.05) is 23.1 Å². The number of nitrogens with zero attached hydrogens (tertiary/aromatic N) is 1. The van der Waals surface area contributed by atoms with Crippen molar-refractivity contribution in [1.29, 1.82) is 0 Å². The summed E-state index contributed by atoms with van der Waals surface area (Å²) in [4.78, 5) is 14.2. The number of likely N-dealkylation sites (tertiary alicyclic amines) is 1. The molecule has 0 bridgehead atoms. The van der Waals surface area contributed by atoms with Crippen LogP contribution in [0.3, 0.4) is 0 Å². The van der Waals surface area contributed by atoms with Gasteiger partial charge in [0.25, 0.3) is 5.91 Å². The Balaban J connectivity index is 2.16. The van der Waals surface area contributed by atoms with E-state index in [-0.39, 0.29) is 11.3 Å². The lowest BCUT2D eigenvalue weighted by Crippen LogP contribution is -2.43. The maximum atomic E-state index is 12.4. The number of hydrogen-bond donors (Lipinski definition) is 0. The minimum Gasteiger partial charge on any atom is -0.337 e. The van der Waals surface area contributed by atoms with Crippen LogP contribution in [0.4, 0.5) is 0 Å². The van der Waals surface area contributed by atoms with Crippen molar-refractivity contribution in [1.82, 2.24) is 4.90 Å². The molecule has 2 rings (SSSR count). The molecule has 5 heteroatoms. The Morgan fingerprint density at radius 2 is 1.94 bits per heavy atom. The summed E-state index contributed by atoms with van der Waals surface area (Å²) in [7, 11) is 0. The fraction of sp³-hybridized carbons (Fsp3) is 0.462. The summed E-state index contributed by atoms with van der Waals surface area (Å²) in [6.07, 6.45) is 0.967. The maximum Gasteiger partial charge on any atom is 0.253 e. The van der Waals surface area contributed by atoms with E-state index in [9.17, 15) is 4.79 Å². The normalized spacial score (nSPS) is 24.1. The second kappa shape index (κ2) is 5.93. The highest BCUT2D eigenvalue weighted by molar-refractivity contribution is 9.11. The van der Waals surface area contributed by atoms with Crippen molar-refractivity contribution >= 4 is 49.4 Å². The summed E-state index contributed by atoms with van der Waals surface area (Å²) in [5.41, 5.74) is 0.690. The third kappa shape index (κ3) is 3.28. The van der Waals surface area contributed by atoms with Gasteiger partial charge >= 0.3 is 0 Å². The van der Waals surface area contributed by atoms with E-state index in [4.69, 9.17) is 11.6 Å². The van der Waals surface area contributed by atoms with Gasteiger partial charge in [-0.1, -0.05) is 38.8 Å². The highest BCUT2D eigenvalue weighted by atomic mass is 79.9. The molecular formula is C13H14Br2ClNO. The molecule has 98 valence electrons. The minimum atomic E-state index is 0.0505. The number of benzene rings is 1. The summed E-state index contributed by atoms with van der Waals surface area (Å²) in [6, 6.07) is 5.60. The van der Waals surface area contributed by atoms with E-state index in [0.717, 1.165) is 21.9 Å². The van der Waals surface area contributed by atoms with E-state index < -0.39 is 0 Å². The number of halogens is 3. The standard InChI is InChI=1S/C13H14Br2ClNO/c1-8-2-3-17(7-12(8)16)13(18)9-4-10(14)6-11(15)5-9/h4-6,8,12H,2-3,7H2,1H3. The zero-order valence-electron chi connectivity index (χ0n) is 10.00. The molecule has 2 atom stereocenters. The van der Waals surface area contributed by atoms with Crippen LogP contribution in [0.5, 0.6) is 0 Å². The first kappa shape index (κ1) is 14.4. The van der Waals surface area contributed by atoms with Crippen LogP contribution >= 0.6 is 43.5 Å². The molecule has 2 nitrogen and oxygen atoms in total. The van der Waals surface area contributed by atoms with Gasteiger partial charge < -0.3 is 4.90 Å². The van der Waals surface area contributed by atoms with Crippen LogP contribution in [-0.4, -0.2) is 29.3 Å². The summed E-state index contributed by atoms with van der Waals surface area (Å²) >= 11 is 13.0. The van der Waals surface area contributed by atoms with Gasteiger partial charge in [0.05, 0.1) is 5.38 Å². The van der Waals surface area contributed by atoms with Crippen molar-refractivity contribution < 1.29 is 4.79 Å². The van der Waals surface area contributed by atoms with Crippen molar-refractivity contribution in [2.24, 2.45) is 5.92 Å². The van der Waals surface area contributed by atoms with Gasteiger partial charge in [0, 0.05) is 27.6 Å². The van der Waals surface area contributed by atoms with Crippen molar-refractivity contribution in [3.63, 3.8) is 0 Å². The van der Waals surface area contributed by atoms with Crippen molar-refractivity contribution in [3.8, 4) is 0 Å². The predicted molar refractivity (Wildman–Crippen MR) is 81.2 cm³/mol. The second-order valence-corrected chi connectivity index (χ2v) is 7.08. The van der Waals surface area contributed by atoms with E-state index in [1.165, 1.54) is 0 Å². The zero-order chi connectivity index (χ0) is 13.3. The van der Waals surface area contributed by atoms with Crippen LogP contribution in [0, 0.1) is 5.92 Å². The SMILES string of the molecule is CC1CCN(C(=O)c2cc(Br)cc(Br)c2)CC1Cl. The molecule has 1 aromatic rings. The molecule has 18 heavy (non-hydrogen) atoms. The molecule has 0 saturated carbocycles. The average molecular weight is 396 g/mol. The molecule has 1 fully saturated rings. The smallest absolute Gasteiger partial charge is 0.253 e. The van der Waals surface area contributed by atoms with Gasteiger partial charge in [-0.3, -0.25) is 4.79 Å². The van der Waals surface area contributed by atoms with Gasteiger partial charge in [0.15, 0.2) is 0 Å². The summed E-state index contributed by atoms with van der Waals surface area (Å²) in [5, 5.41) is 0.0540.